The van der Waals surface area contributed by atoms with Crippen molar-refractivity contribution in [3.8, 4) is 0 Å². The first-order chi connectivity index (χ1) is 12.3. The van der Waals surface area contributed by atoms with Crippen molar-refractivity contribution < 1.29 is 13.9 Å². The third-order valence-corrected chi connectivity index (χ3v) is 5.08. The van der Waals surface area contributed by atoms with Gasteiger partial charge in [0.1, 0.15) is 11.9 Å². The van der Waals surface area contributed by atoms with Crippen LogP contribution in [0.25, 0.3) is 0 Å². The number of carbonyl (C=O) groups is 1. The summed E-state index contributed by atoms with van der Waals surface area (Å²) in [5, 5.41) is 2.96. The van der Waals surface area contributed by atoms with Gasteiger partial charge in [0.05, 0.1) is 18.9 Å². The van der Waals surface area contributed by atoms with E-state index in [0.29, 0.717) is 12.6 Å². The molecular weight excluding hydrogens is 318 g/mol. The molecule has 6 heteroatoms. The molecule has 25 heavy (non-hydrogen) atoms. The lowest BCUT2D eigenvalue weighted by Crippen LogP contribution is -2.47. The second kappa shape index (κ2) is 7.37. The maximum Gasteiger partial charge on any atom is 0.249 e. The lowest BCUT2D eigenvalue weighted by Gasteiger charge is -2.35. The summed E-state index contributed by atoms with van der Waals surface area (Å²) >= 11 is 0. The smallest absolute Gasteiger partial charge is 0.249 e. The number of furan rings is 1. The number of amides is 1. The van der Waals surface area contributed by atoms with E-state index in [4.69, 9.17) is 9.15 Å². The molecule has 0 unspecified atom stereocenters. The number of nitrogens with zero attached hydrogens (tertiary/aromatic N) is 2. The monoisotopic (exact) mass is 341 g/mol. The number of aromatic nitrogens is 1. The van der Waals surface area contributed by atoms with Gasteiger partial charge in [0, 0.05) is 31.5 Å². The second-order valence-electron chi connectivity index (χ2n) is 6.73. The summed E-state index contributed by atoms with van der Waals surface area (Å²) < 4.78 is 11.6. The lowest BCUT2D eigenvalue weighted by molar-refractivity contribution is -0.144. The van der Waals surface area contributed by atoms with Crippen molar-refractivity contribution in [3.05, 3.63) is 54.2 Å². The van der Waals surface area contributed by atoms with Crippen molar-refractivity contribution in [2.75, 3.05) is 6.54 Å². The Morgan fingerprint density at radius 3 is 3.04 bits per heavy atom. The molecule has 0 aliphatic carbocycles. The highest BCUT2D eigenvalue weighted by molar-refractivity contribution is 5.80. The minimum Gasteiger partial charge on any atom is -0.468 e. The van der Waals surface area contributed by atoms with Crippen LogP contribution in [0.5, 0.6) is 0 Å². The van der Waals surface area contributed by atoms with Crippen molar-refractivity contribution in [1.29, 1.82) is 0 Å². The van der Waals surface area contributed by atoms with Crippen LogP contribution in [-0.2, 0) is 22.6 Å². The molecule has 2 aromatic rings. The molecule has 0 bridgehead atoms. The van der Waals surface area contributed by atoms with Gasteiger partial charge in [-0.1, -0.05) is 6.07 Å². The van der Waals surface area contributed by atoms with Gasteiger partial charge >= 0.3 is 0 Å². The van der Waals surface area contributed by atoms with Crippen LogP contribution >= 0.6 is 0 Å². The molecule has 2 fully saturated rings. The number of nitrogens with one attached hydrogen (secondary N) is 1. The van der Waals surface area contributed by atoms with Crippen LogP contribution < -0.4 is 5.32 Å². The molecule has 4 heterocycles. The van der Waals surface area contributed by atoms with E-state index in [2.05, 4.69) is 15.2 Å². The highest BCUT2D eigenvalue weighted by atomic mass is 16.5. The molecule has 2 aromatic heterocycles. The molecule has 1 amide bonds. The molecule has 0 saturated carbocycles. The van der Waals surface area contributed by atoms with Crippen LogP contribution in [0.4, 0.5) is 0 Å². The summed E-state index contributed by atoms with van der Waals surface area (Å²) in [6.45, 7) is 2.29. The highest BCUT2D eigenvalue weighted by Gasteiger charge is 2.41. The van der Waals surface area contributed by atoms with Crippen molar-refractivity contribution >= 4 is 5.91 Å². The van der Waals surface area contributed by atoms with Crippen molar-refractivity contribution in [3.63, 3.8) is 0 Å². The van der Waals surface area contributed by atoms with Crippen molar-refractivity contribution in [2.24, 2.45) is 0 Å². The number of hydrogen-bond acceptors (Lipinski definition) is 5. The standard InChI is InChI=1S/C19H23N3O3/c23-19(21-12-14-3-1-8-20-11-14)18-6-5-16-17(25-18)7-9-22(16)13-15-4-2-10-24-15/h1-4,8,10-11,16-18H,5-7,9,12-13H2,(H,21,23)/t16-,17-,18+/m1/s1. The van der Waals surface area contributed by atoms with Gasteiger partial charge in [0.15, 0.2) is 0 Å². The summed E-state index contributed by atoms with van der Waals surface area (Å²) in [6, 6.07) is 8.13. The fourth-order valence-corrected chi connectivity index (χ4v) is 3.81. The Labute approximate surface area is 147 Å². The molecule has 6 nitrogen and oxygen atoms in total. The predicted molar refractivity (Wildman–Crippen MR) is 91.5 cm³/mol. The van der Waals surface area contributed by atoms with Crippen LogP contribution in [0.3, 0.4) is 0 Å². The topological polar surface area (TPSA) is 67.6 Å². The third-order valence-electron chi connectivity index (χ3n) is 5.08. The largest absolute Gasteiger partial charge is 0.468 e. The summed E-state index contributed by atoms with van der Waals surface area (Å²) in [4.78, 5) is 18.9. The molecule has 132 valence electrons. The summed E-state index contributed by atoms with van der Waals surface area (Å²) in [5.41, 5.74) is 0.995. The van der Waals surface area contributed by atoms with E-state index in [1.807, 2.05) is 24.3 Å². The van der Waals surface area contributed by atoms with Gasteiger partial charge in [-0.05, 0) is 43.0 Å². The minimum atomic E-state index is -0.346. The molecule has 3 atom stereocenters. The zero-order chi connectivity index (χ0) is 17.1. The first-order valence-electron chi connectivity index (χ1n) is 8.88. The van der Waals surface area contributed by atoms with Crippen molar-refractivity contribution in [2.45, 2.75) is 50.6 Å². The Morgan fingerprint density at radius 2 is 2.24 bits per heavy atom. The second-order valence-corrected chi connectivity index (χ2v) is 6.73. The number of rotatable bonds is 5. The normalized spacial score (nSPS) is 26.3. The summed E-state index contributed by atoms with van der Waals surface area (Å²) in [7, 11) is 0. The minimum absolute atomic E-state index is 0.0215. The molecule has 0 spiro atoms. The molecule has 4 rings (SSSR count). The highest BCUT2D eigenvalue weighted by Crippen LogP contribution is 2.32. The maximum absolute atomic E-state index is 12.4. The molecule has 2 saturated heterocycles. The quantitative estimate of drug-likeness (QED) is 0.902. The van der Waals surface area contributed by atoms with E-state index in [9.17, 15) is 4.79 Å². The first kappa shape index (κ1) is 16.3. The van der Waals surface area contributed by atoms with Crippen LogP contribution in [0.2, 0.25) is 0 Å². The fourth-order valence-electron chi connectivity index (χ4n) is 3.81. The van der Waals surface area contributed by atoms with E-state index >= 15 is 0 Å². The Kier molecular flexibility index (Phi) is 4.81. The van der Waals surface area contributed by atoms with E-state index in [-0.39, 0.29) is 18.1 Å². The van der Waals surface area contributed by atoms with Gasteiger partial charge in [0.25, 0.3) is 0 Å². The maximum atomic E-state index is 12.4. The van der Waals surface area contributed by atoms with Crippen molar-refractivity contribution in [1.82, 2.24) is 15.2 Å². The number of pyridine rings is 1. The van der Waals surface area contributed by atoms with Gasteiger partial charge in [-0.15, -0.1) is 0 Å². The summed E-state index contributed by atoms with van der Waals surface area (Å²) in [6.07, 6.45) is 7.71. The molecule has 0 aromatic carbocycles. The lowest BCUT2D eigenvalue weighted by atomic mass is 9.98. The van der Waals surface area contributed by atoms with E-state index in [1.165, 1.54) is 0 Å². The van der Waals surface area contributed by atoms with Gasteiger partial charge in [-0.3, -0.25) is 14.7 Å². The molecular formula is C19H23N3O3. The number of hydrogen-bond donors (Lipinski definition) is 1. The zero-order valence-corrected chi connectivity index (χ0v) is 14.1. The van der Waals surface area contributed by atoms with Crippen LogP contribution in [0.1, 0.15) is 30.6 Å². The predicted octanol–water partition coefficient (Wildman–Crippen LogP) is 2.11. The number of ether oxygens (including phenoxy) is 1. The fraction of sp³-hybridized carbons (Fsp3) is 0.474. The van der Waals surface area contributed by atoms with Gasteiger partial charge in [-0.25, -0.2) is 0 Å². The molecule has 0 radical (unpaired) electrons. The third kappa shape index (κ3) is 3.75. The van der Waals surface area contributed by atoms with Crippen LogP contribution in [-0.4, -0.2) is 40.6 Å². The van der Waals surface area contributed by atoms with E-state index in [0.717, 1.165) is 43.7 Å². The molecule has 2 aliphatic rings. The molecule has 2 aliphatic heterocycles. The van der Waals surface area contributed by atoms with Gasteiger partial charge < -0.3 is 14.5 Å². The SMILES string of the molecule is O=C(NCc1cccnc1)[C@@H]1CC[C@@H]2[C@@H](CCN2Cc2ccco2)O1. The number of carbonyl (C=O) groups excluding carboxylic acids is 1. The number of likely N-dealkylation sites (tertiary alicyclic amines) is 1. The zero-order valence-electron chi connectivity index (χ0n) is 14.1. The van der Waals surface area contributed by atoms with E-state index in [1.54, 1.807) is 18.7 Å². The van der Waals surface area contributed by atoms with Crippen LogP contribution in [0.15, 0.2) is 47.3 Å². The first-order valence-corrected chi connectivity index (χ1v) is 8.88. The Hall–Kier alpha value is -2.18. The average molecular weight is 341 g/mol. The molecule has 1 N–H and O–H groups in total. The van der Waals surface area contributed by atoms with Gasteiger partial charge in [0.2, 0.25) is 5.91 Å². The van der Waals surface area contributed by atoms with E-state index < -0.39 is 0 Å². The number of fused-ring (bicyclic) bond motifs is 1. The van der Waals surface area contributed by atoms with Gasteiger partial charge in [-0.2, -0.15) is 0 Å². The summed E-state index contributed by atoms with van der Waals surface area (Å²) in [5.74, 6) is 0.962. The van der Waals surface area contributed by atoms with Crippen LogP contribution in [0, 0.1) is 0 Å². The Bertz CT molecular complexity index is 689. The average Bonchev–Trinajstić information content (AvgIpc) is 3.31. The Balaban J connectivity index is 1.29. The Morgan fingerprint density at radius 1 is 1.28 bits per heavy atom.